The van der Waals surface area contributed by atoms with Gasteiger partial charge in [0.05, 0.1) is 18.7 Å². The van der Waals surface area contributed by atoms with Crippen LogP contribution in [-0.4, -0.2) is 41.9 Å². The van der Waals surface area contributed by atoms with Crippen LogP contribution in [0.2, 0.25) is 0 Å². The lowest BCUT2D eigenvalue weighted by atomic mass is 10.0. The highest BCUT2D eigenvalue weighted by molar-refractivity contribution is 5.84. The molecule has 26 heavy (non-hydrogen) atoms. The van der Waals surface area contributed by atoms with Gasteiger partial charge in [0.1, 0.15) is 0 Å². The number of aromatic nitrogens is 1. The first-order valence-corrected chi connectivity index (χ1v) is 9.28. The summed E-state index contributed by atoms with van der Waals surface area (Å²) in [5, 5.41) is 9.75. The van der Waals surface area contributed by atoms with Crippen molar-refractivity contribution in [2.75, 3.05) is 31.2 Å². The minimum Gasteiger partial charge on any atom is -0.481 e. The average Bonchev–Trinajstić information content (AvgIpc) is 3.47. The lowest BCUT2D eigenvalue weighted by Gasteiger charge is -2.29. The van der Waals surface area contributed by atoms with Crippen LogP contribution in [0.3, 0.4) is 0 Å². The zero-order chi connectivity index (χ0) is 18.3. The fraction of sp³-hybridized carbons (Fsp3) is 0.500. The fourth-order valence-electron chi connectivity index (χ4n) is 3.92. The molecule has 6 heteroatoms. The average molecular weight is 356 g/mol. The van der Waals surface area contributed by atoms with Crippen LogP contribution in [0.5, 0.6) is 0 Å². The molecule has 2 aliphatic rings. The first-order chi connectivity index (χ1) is 12.6. The van der Waals surface area contributed by atoms with Crippen molar-refractivity contribution in [1.29, 1.82) is 0 Å². The molecule has 1 saturated carbocycles. The number of carboxylic acid groups (broad SMARTS) is 1. The van der Waals surface area contributed by atoms with Crippen molar-refractivity contribution in [1.82, 2.24) is 4.57 Å². The predicted octanol–water partition coefficient (Wildman–Crippen LogP) is 2.50. The molecular formula is C20H24N2O4. The Labute approximate surface area is 152 Å². The topological polar surface area (TPSA) is 71.8 Å². The number of rotatable bonds is 5. The highest BCUT2D eigenvalue weighted by Crippen LogP contribution is 2.39. The molecule has 1 saturated heterocycles. The zero-order valence-corrected chi connectivity index (χ0v) is 15.0. The number of nitrogens with zero attached hydrogens (tertiary/aromatic N) is 2. The number of carboxylic acids is 1. The van der Waals surface area contributed by atoms with Crippen molar-refractivity contribution in [3.63, 3.8) is 0 Å². The second kappa shape index (κ2) is 6.76. The maximum absolute atomic E-state index is 13.1. The highest BCUT2D eigenvalue weighted by atomic mass is 16.5. The second-order valence-electron chi connectivity index (χ2n) is 7.19. The molecule has 2 heterocycles. The quantitative estimate of drug-likeness (QED) is 0.891. The number of carbonyl (C=O) groups is 1. The Morgan fingerprint density at radius 2 is 2.00 bits per heavy atom. The van der Waals surface area contributed by atoms with Gasteiger partial charge in [-0.25, -0.2) is 0 Å². The summed E-state index contributed by atoms with van der Waals surface area (Å²) in [6.07, 6.45) is 2.49. The normalized spacial score (nSPS) is 17.7. The number of pyridine rings is 1. The molecule has 0 amide bonds. The third-order valence-electron chi connectivity index (χ3n) is 5.43. The number of hydrogen-bond donors (Lipinski definition) is 1. The van der Waals surface area contributed by atoms with E-state index in [0.29, 0.717) is 30.2 Å². The van der Waals surface area contributed by atoms with Crippen molar-refractivity contribution in [3.05, 3.63) is 39.7 Å². The summed E-state index contributed by atoms with van der Waals surface area (Å²) in [4.78, 5) is 26.4. The molecule has 1 aliphatic carbocycles. The van der Waals surface area contributed by atoms with Gasteiger partial charge >= 0.3 is 5.97 Å². The summed E-state index contributed by atoms with van der Waals surface area (Å²) in [6, 6.07) is 6.54. The van der Waals surface area contributed by atoms with Gasteiger partial charge in [-0.1, -0.05) is 0 Å². The van der Waals surface area contributed by atoms with E-state index < -0.39 is 5.97 Å². The second-order valence-corrected chi connectivity index (χ2v) is 7.19. The van der Waals surface area contributed by atoms with Gasteiger partial charge in [0.25, 0.3) is 0 Å². The SMILES string of the molecule is Cc1c(CCC(=O)O)c(=O)c2cc(N3CCOCC3)ccc2n1C1CC1. The number of aliphatic carboxylic acids is 1. The van der Waals surface area contributed by atoms with Crippen LogP contribution in [0.25, 0.3) is 10.9 Å². The van der Waals surface area contributed by atoms with Gasteiger partial charge in [-0.05, 0) is 44.4 Å². The third-order valence-corrected chi connectivity index (χ3v) is 5.43. The standard InChI is InChI=1S/C20H24N2O4/c1-13-16(5-7-19(23)24)20(25)17-12-15(21-8-10-26-11-9-21)4-6-18(17)22(13)14-2-3-14/h4,6,12,14H,2-3,5,7-11H2,1H3,(H,23,24). The molecule has 1 aromatic carbocycles. The van der Waals surface area contributed by atoms with Gasteiger partial charge in [-0.3, -0.25) is 9.59 Å². The lowest BCUT2D eigenvalue weighted by Crippen LogP contribution is -2.36. The Bertz CT molecular complexity index is 908. The molecule has 1 aliphatic heterocycles. The Morgan fingerprint density at radius 1 is 1.27 bits per heavy atom. The predicted molar refractivity (Wildman–Crippen MR) is 100 cm³/mol. The van der Waals surface area contributed by atoms with E-state index in [1.807, 2.05) is 19.1 Å². The summed E-state index contributed by atoms with van der Waals surface area (Å²) in [5.74, 6) is -0.871. The summed E-state index contributed by atoms with van der Waals surface area (Å²) < 4.78 is 7.66. The molecule has 0 spiro atoms. The number of benzene rings is 1. The van der Waals surface area contributed by atoms with Crippen LogP contribution < -0.4 is 10.3 Å². The minimum absolute atomic E-state index is 0.0184. The van der Waals surface area contributed by atoms with Crippen LogP contribution in [0.1, 0.15) is 36.6 Å². The lowest BCUT2D eigenvalue weighted by molar-refractivity contribution is -0.136. The number of ether oxygens (including phenoxy) is 1. The highest BCUT2D eigenvalue weighted by Gasteiger charge is 2.28. The number of morpholine rings is 1. The van der Waals surface area contributed by atoms with Gasteiger partial charge in [0.2, 0.25) is 0 Å². The van der Waals surface area contributed by atoms with Crippen LogP contribution >= 0.6 is 0 Å². The number of hydrogen-bond acceptors (Lipinski definition) is 4. The monoisotopic (exact) mass is 356 g/mol. The number of anilines is 1. The molecule has 0 bridgehead atoms. The van der Waals surface area contributed by atoms with Crippen molar-refractivity contribution in [2.24, 2.45) is 0 Å². The Hall–Kier alpha value is -2.34. The summed E-state index contributed by atoms with van der Waals surface area (Å²) in [7, 11) is 0. The summed E-state index contributed by atoms with van der Waals surface area (Å²) >= 11 is 0. The Balaban J connectivity index is 1.85. The molecule has 4 rings (SSSR count). The van der Waals surface area contributed by atoms with Crippen LogP contribution in [0.4, 0.5) is 5.69 Å². The minimum atomic E-state index is -0.871. The first-order valence-electron chi connectivity index (χ1n) is 9.28. The summed E-state index contributed by atoms with van der Waals surface area (Å²) in [6.45, 7) is 4.98. The van der Waals surface area contributed by atoms with E-state index in [4.69, 9.17) is 9.84 Å². The van der Waals surface area contributed by atoms with E-state index >= 15 is 0 Å². The largest absolute Gasteiger partial charge is 0.481 e. The van der Waals surface area contributed by atoms with E-state index in [0.717, 1.165) is 42.8 Å². The first kappa shape index (κ1) is 17.1. The van der Waals surface area contributed by atoms with Crippen LogP contribution in [0, 0.1) is 6.92 Å². The smallest absolute Gasteiger partial charge is 0.303 e. The zero-order valence-electron chi connectivity index (χ0n) is 15.0. The van der Waals surface area contributed by atoms with E-state index in [-0.39, 0.29) is 18.3 Å². The molecular weight excluding hydrogens is 332 g/mol. The van der Waals surface area contributed by atoms with Gasteiger partial charge in [0.15, 0.2) is 5.43 Å². The molecule has 2 fully saturated rings. The molecule has 6 nitrogen and oxygen atoms in total. The van der Waals surface area contributed by atoms with Gasteiger partial charge in [0, 0.05) is 47.9 Å². The van der Waals surface area contributed by atoms with E-state index in [2.05, 4.69) is 15.5 Å². The van der Waals surface area contributed by atoms with E-state index in [1.54, 1.807) is 0 Å². The summed E-state index contributed by atoms with van der Waals surface area (Å²) in [5.41, 5.74) is 3.54. The fourth-order valence-corrected chi connectivity index (χ4v) is 3.92. The molecule has 1 N–H and O–H groups in total. The molecule has 1 aromatic heterocycles. The van der Waals surface area contributed by atoms with Crippen molar-refractivity contribution < 1.29 is 14.6 Å². The molecule has 2 aromatic rings. The Morgan fingerprint density at radius 3 is 2.65 bits per heavy atom. The molecule has 0 radical (unpaired) electrons. The van der Waals surface area contributed by atoms with Crippen LogP contribution in [-0.2, 0) is 16.0 Å². The van der Waals surface area contributed by atoms with Crippen molar-refractivity contribution >= 4 is 22.6 Å². The van der Waals surface area contributed by atoms with E-state index in [9.17, 15) is 9.59 Å². The molecule has 0 unspecified atom stereocenters. The van der Waals surface area contributed by atoms with Crippen LogP contribution in [0.15, 0.2) is 23.0 Å². The maximum Gasteiger partial charge on any atom is 0.303 e. The van der Waals surface area contributed by atoms with E-state index in [1.165, 1.54) is 0 Å². The van der Waals surface area contributed by atoms with Gasteiger partial charge in [-0.15, -0.1) is 0 Å². The van der Waals surface area contributed by atoms with Crippen molar-refractivity contribution in [3.8, 4) is 0 Å². The molecule has 138 valence electrons. The van der Waals surface area contributed by atoms with Gasteiger partial charge < -0.3 is 19.3 Å². The maximum atomic E-state index is 13.1. The Kier molecular flexibility index (Phi) is 4.44. The van der Waals surface area contributed by atoms with Gasteiger partial charge in [-0.2, -0.15) is 0 Å². The van der Waals surface area contributed by atoms with Crippen molar-refractivity contribution in [2.45, 2.75) is 38.6 Å². The third kappa shape index (κ3) is 3.09. The molecule has 0 atom stereocenters. The number of fused-ring (bicyclic) bond motifs is 1.